The zero-order chi connectivity index (χ0) is 34.1. The van der Waals surface area contributed by atoms with E-state index in [0.29, 0.717) is 0 Å². The Bertz CT molecular complexity index is 2120. The summed E-state index contributed by atoms with van der Waals surface area (Å²) in [6.07, 6.45) is 7.27. The molecule has 248 valence electrons. The predicted molar refractivity (Wildman–Crippen MR) is 207 cm³/mol. The Kier molecular flexibility index (Phi) is 8.94. The van der Waals surface area contributed by atoms with Crippen molar-refractivity contribution in [3.63, 3.8) is 0 Å². The number of aryl methyl sites for hydroxylation is 4. The second-order valence-corrected chi connectivity index (χ2v) is 14.2. The van der Waals surface area contributed by atoms with Crippen molar-refractivity contribution in [2.24, 2.45) is 7.05 Å². The Morgan fingerprint density at radius 3 is 2.16 bits per heavy atom. The van der Waals surface area contributed by atoms with Crippen LogP contribution in [0.25, 0.3) is 17.0 Å². The van der Waals surface area contributed by atoms with Gasteiger partial charge in [0, 0.05) is 52.4 Å². The van der Waals surface area contributed by atoms with E-state index in [1.807, 2.05) is 12.1 Å². The lowest BCUT2D eigenvalue weighted by Crippen LogP contribution is -2.47. The number of benzene rings is 5. The molecule has 5 aromatic carbocycles. The first-order valence-electron chi connectivity index (χ1n) is 17.8. The average Bonchev–Trinajstić information content (AvgIpc) is 3.38. The van der Waals surface area contributed by atoms with Crippen LogP contribution in [0.3, 0.4) is 0 Å². The van der Waals surface area contributed by atoms with Gasteiger partial charge in [0.2, 0.25) is 0 Å². The van der Waals surface area contributed by atoms with Gasteiger partial charge in [0.1, 0.15) is 11.5 Å². The zero-order valence-electron chi connectivity index (χ0n) is 29.8. The molecule has 49 heavy (non-hydrogen) atoms. The number of fused-ring (bicyclic) bond motifs is 5. The Morgan fingerprint density at radius 2 is 1.43 bits per heavy atom. The largest absolute Gasteiger partial charge is 0.457 e. The van der Waals surface area contributed by atoms with Crippen molar-refractivity contribution in [1.82, 2.24) is 4.57 Å². The molecule has 3 heteroatoms. The van der Waals surface area contributed by atoms with E-state index in [4.69, 9.17) is 4.74 Å². The van der Waals surface area contributed by atoms with Gasteiger partial charge in [0.05, 0.1) is 6.04 Å². The number of aromatic nitrogens is 1. The molecule has 2 heterocycles. The lowest BCUT2D eigenvalue weighted by atomic mass is 9.67. The van der Waals surface area contributed by atoms with Crippen molar-refractivity contribution in [3.8, 4) is 11.5 Å². The molecular formula is C46H48N2O. The topological polar surface area (TPSA) is 17.4 Å². The number of rotatable bonds is 6. The van der Waals surface area contributed by atoms with Crippen LogP contribution in [0.1, 0.15) is 67.1 Å². The van der Waals surface area contributed by atoms with Gasteiger partial charge in [-0.05, 0) is 90.9 Å². The molecule has 8 rings (SSSR count). The van der Waals surface area contributed by atoms with Gasteiger partial charge in [-0.1, -0.05) is 118 Å². The van der Waals surface area contributed by atoms with Gasteiger partial charge in [0.25, 0.3) is 0 Å². The highest BCUT2D eigenvalue weighted by Crippen LogP contribution is 2.52. The van der Waals surface area contributed by atoms with Gasteiger partial charge in [-0.15, -0.1) is 0 Å². The van der Waals surface area contributed by atoms with Crippen LogP contribution in [0, 0.1) is 13.8 Å². The van der Waals surface area contributed by atoms with Crippen molar-refractivity contribution in [2.45, 2.75) is 71.8 Å². The van der Waals surface area contributed by atoms with Gasteiger partial charge in [-0.2, -0.15) is 0 Å². The van der Waals surface area contributed by atoms with Crippen LogP contribution in [-0.2, 0) is 25.3 Å². The van der Waals surface area contributed by atoms with Crippen LogP contribution in [0.15, 0.2) is 127 Å². The molecule has 0 radical (unpaired) electrons. The first kappa shape index (κ1) is 32.5. The molecule has 2 aliphatic rings. The summed E-state index contributed by atoms with van der Waals surface area (Å²) in [6, 6.07) is 43.5. The van der Waals surface area contributed by atoms with Crippen molar-refractivity contribution in [1.29, 1.82) is 0 Å². The summed E-state index contributed by atoms with van der Waals surface area (Å²) in [5, 5.41) is 1.26. The number of para-hydroxylation sites is 3. The fourth-order valence-electron chi connectivity index (χ4n) is 7.80. The molecule has 6 aromatic rings. The Balaban J connectivity index is 0.000000327. The second kappa shape index (κ2) is 13.5. The third-order valence-corrected chi connectivity index (χ3v) is 10.6. The van der Waals surface area contributed by atoms with Crippen LogP contribution >= 0.6 is 0 Å². The SMILES string of the molecule is CCCCc1ccccc1.Cc1ccccc1Oc1cc2c3c(n(C)c2cc1C)CC1C(=C3)C(C)(C)c2ccccc2N1c1ccccc1. The molecule has 0 spiro atoms. The molecular weight excluding hydrogens is 597 g/mol. The third-order valence-electron chi connectivity index (χ3n) is 10.6. The minimum Gasteiger partial charge on any atom is -0.457 e. The Morgan fingerprint density at radius 1 is 0.755 bits per heavy atom. The number of unbranched alkanes of at least 4 members (excludes halogenated alkanes) is 1. The van der Waals surface area contributed by atoms with Crippen molar-refractivity contribution >= 4 is 28.4 Å². The van der Waals surface area contributed by atoms with E-state index < -0.39 is 0 Å². The lowest BCUT2D eigenvalue weighted by Gasteiger charge is -2.49. The highest BCUT2D eigenvalue weighted by atomic mass is 16.5. The molecule has 1 atom stereocenters. The summed E-state index contributed by atoms with van der Waals surface area (Å²) in [7, 11) is 2.22. The molecule has 0 N–H and O–H groups in total. The number of nitrogens with zero attached hydrogens (tertiary/aromatic N) is 2. The van der Waals surface area contributed by atoms with Crippen molar-refractivity contribution in [2.75, 3.05) is 4.90 Å². The van der Waals surface area contributed by atoms with Gasteiger partial charge in [-0.25, -0.2) is 0 Å². The average molecular weight is 645 g/mol. The number of hydrogen-bond acceptors (Lipinski definition) is 2. The van der Waals surface area contributed by atoms with Crippen LogP contribution in [0.4, 0.5) is 11.4 Å². The smallest absolute Gasteiger partial charge is 0.131 e. The zero-order valence-corrected chi connectivity index (χ0v) is 29.8. The molecule has 1 aliphatic carbocycles. The summed E-state index contributed by atoms with van der Waals surface area (Å²) in [4.78, 5) is 2.56. The van der Waals surface area contributed by atoms with E-state index >= 15 is 0 Å². The standard InChI is InChI=1S/C36H34N2O.C10H14/c1-23-13-9-12-18-34(23)39-35-21-27-26-20-29-33(22-32(26)37(5)31(27)19-24(35)2)38(25-14-7-6-8-15-25)30-17-11-10-16-28(30)36(29,3)4;1-2-3-7-10-8-5-4-6-9-10/h6-21,33H,22H2,1-5H3;4-6,8-9H,2-3,7H2,1H3. The molecule has 1 aliphatic heterocycles. The van der Waals surface area contributed by atoms with E-state index in [2.05, 4.69) is 166 Å². The van der Waals surface area contributed by atoms with E-state index in [9.17, 15) is 0 Å². The minimum absolute atomic E-state index is 0.0857. The summed E-state index contributed by atoms with van der Waals surface area (Å²) >= 11 is 0. The maximum Gasteiger partial charge on any atom is 0.131 e. The lowest BCUT2D eigenvalue weighted by molar-refractivity contribution is 0.476. The van der Waals surface area contributed by atoms with Gasteiger partial charge in [-0.3, -0.25) is 0 Å². The second-order valence-electron chi connectivity index (χ2n) is 14.2. The number of anilines is 2. The van der Waals surface area contributed by atoms with E-state index in [-0.39, 0.29) is 11.5 Å². The third kappa shape index (κ3) is 6.08. The maximum absolute atomic E-state index is 6.48. The summed E-state index contributed by atoms with van der Waals surface area (Å²) < 4.78 is 8.88. The highest BCUT2D eigenvalue weighted by Gasteiger charge is 2.44. The van der Waals surface area contributed by atoms with Crippen LogP contribution in [0.2, 0.25) is 0 Å². The minimum atomic E-state index is -0.0857. The molecule has 1 unspecified atom stereocenters. The van der Waals surface area contributed by atoms with Crippen molar-refractivity contribution < 1.29 is 4.74 Å². The Labute approximate surface area is 292 Å². The van der Waals surface area contributed by atoms with E-state index in [1.54, 1.807) is 0 Å². The monoisotopic (exact) mass is 644 g/mol. The van der Waals surface area contributed by atoms with E-state index in [0.717, 1.165) is 29.0 Å². The predicted octanol–water partition coefficient (Wildman–Crippen LogP) is 12.1. The fraction of sp³-hybridized carbons (Fsp3) is 0.261. The highest BCUT2D eigenvalue weighted by molar-refractivity contribution is 5.95. The van der Waals surface area contributed by atoms with Gasteiger partial charge in [0.15, 0.2) is 0 Å². The molecule has 0 amide bonds. The normalized spacial score (nSPS) is 15.8. The quantitative estimate of drug-likeness (QED) is 0.179. The van der Waals surface area contributed by atoms with Crippen molar-refractivity contribution in [3.05, 3.63) is 160 Å². The molecule has 0 fully saturated rings. The van der Waals surface area contributed by atoms with Gasteiger partial charge < -0.3 is 14.2 Å². The van der Waals surface area contributed by atoms with Crippen LogP contribution in [0.5, 0.6) is 11.5 Å². The van der Waals surface area contributed by atoms with Crippen LogP contribution in [-0.4, -0.2) is 10.6 Å². The molecule has 3 nitrogen and oxygen atoms in total. The molecule has 1 aromatic heterocycles. The maximum atomic E-state index is 6.48. The summed E-state index contributed by atoms with van der Waals surface area (Å²) in [5.41, 5.74) is 13.0. The summed E-state index contributed by atoms with van der Waals surface area (Å²) in [6.45, 7) is 11.2. The van der Waals surface area contributed by atoms with E-state index in [1.165, 1.54) is 69.5 Å². The first-order valence-corrected chi connectivity index (χ1v) is 17.8. The first-order chi connectivity index (χ1) is 23.8. The molecule has 0 bridgehead atoms. The van der Waals surface area contributed by atoms with Gasteiger partial charge >= 0.3 is 0 Å². The van der Waals surface area contributed by atoms with Crippen LogP contribution < -0.4 is 9.64 Å². The number of hydrogen-bond donors (Lipinski definition) is 0. The molecule has 0 saturated heterocycles. The molecule has 0 saturated carbocycles. The fourth-order valence-corrected chi connectivity index (χ4v) is 7.80. The summed E-state index contributed by atoms with van der Waals surface area (Å²) in [5.74, 6) is 1.83. The Hall–Kier alpha value is -5.02. The number of ether oxygens (including phenoxy) is 1.